The molecule has 0 atom stereocenters. The minimum absolute atomic E-state index is 1.19. The lowest BCUT2D eigenvalue weighted by Crippen LogP contribution is -2.18. The van der Waals surface area contributed by atoms with E-state index >= 15 is 0 Å². The standard InChI is InChI=1S/C8H16NS3/c1-3-10-8-9(12-4-2)6-5-7-11-8/h3-7H2,1-2H3/q+1. The van der Waals surface area contributed by atoms with E-state index in [9.17, 15) is 0 Å². The van der Waals surface area contributed by atoms with Crippen LogP contribution in [0.1, 0.15) is 20.3 Å². The second-order valence-electron chi connectivity index (χ2n) is 2.42. The molecular formula is C8H16NS3+. The average Bonchev–Trinajstić information content (AvgIpc) is 2.09. The first-order valence-electron chi connectivity index (χ1n) is 4.41. The zero-order chi connectivity index (χ0) is 8.81. The van der Waals surface area contributed by atoms with Gasteiger partial charge in [-0.3, -0.25) is 0 Å². The van der Waals surface area contributed by atoms with Crippen molar-refractivity contribution in [1.29, 1.82) is 0 Å². The zero-order valence-electron chi connectivity index (χ0n) is 7.71. The summed E-state index contributed by atoms with van der Waals surface area (Å²) in [6, 6.07) is 0. The van der Waals surface area contributed by atoms with E-state index in [1.54, 1.807) is 0 Å². The van der Waals surface area contributed by atoms with Gasteiger partial charge in [0.05, 0.1) is 5.75 Å². The van der Waals surface area contributed by atoms with E-state index in [0.29, 0.717) is 0 Å². The summed E-state index contributed by atoms with van der Waals surface area (Å²) in [7, 11) is 0. The Morgan fingerprint density at radius 1 is 1.42 bits per heavy atom. The van der Waals surface area contributed by atoms with Gasteiger partial charge in [0.1, 0.15) is 0 Å². The van der Waals surface area contributed by atoms with Gasteiger partial charge in [-0.15, -0.1) is 3.98 Å². The molecule has 0 aromatic carbocycles. The van der Waals surface area contributed by atoms with E-state index in [4.69, 9.17) is 0 Å². The number of rotatable bonds is 3. The van der Waals surface area contributed by atoms with Gasteiger partial charge in [-0.25, -0.2) is 0 Å². The van der Waals surface area contributed by atoms with Crippen molar-refractivity contribution in [1.82, 2.24) is 0 Å². The minimum atomic E-state index is 1.19. The lowest BCUT2D eigenvalue weighted by atomic mass is 10.5. The lowest BCUT2D eigenvalue weighted by Gasteiger charge is -2.10. The van der Waals surface area contributed by atoms with Crippen molar-refractivity contribution in [3.63, 3.8) is 0 Å². The number of hydrogen-bond donors (Lipinski definition) is 0. The Morgan fingerprint density at radius 2 is 2.25 bits per heavy atom. The van der Waals surface area contributed by atoms with Gasteiger partial charge < -0.3 is 0 Å². The van der Waals surface area contributed by atoms with Crippen LogP contribution >= 0.6 is 35.5 Å². The normalized spacial score (nSPS) is 18.5. The first-order valence-corrected chi connectivity index (χ1v) is 7.32. The average molecular weight is 222 g/mol. The van der Waals surface area contributed by atoms with Gasteiger partial charge >= 0.3 is 0 Å². The summed E-state index contributed by atoms with van der Waals surface area (Å²) in [6.07, 6.45) is 1.34. The first-order chi connectivity index (χ1) is 5.88. The van der Waals surface area contributed by atoms with E-state index in [1.807, 2.05) is 35.5 Å². The van der Waals surface area contributed by atoms with Crippen LogP contribution in [-0.2, 0) is 0 Å². The molecule has 0 spiro atoms. The minimum Gasteiger partial charge on any atom is -0.147 e. The van der Waals surface area contributed by atoms with Crippen molar-refractivity contribution in [3.8, 4) is 0 Å². The molecule has 1 nitrogen and oxygen atoms in total. The summed E-state index contributed by atoms with van der Waals surface area (Å²) in [5.41, 5.74) is 0. The summed E-state index contributed by atoms with van der Waals surface area (Å²) in [5.74, 6) is 3.69. The topological polar surface area (TPSA) is 3.01 Å². The Balaban J connectivity index is 2.55. The molecule has 0 amide bonds. The Labute approximate surface area is 87.9 Å². The monoisotopic (exact) mass is 222 g/mol. The third-order valence-corrected chi connectivity index (χ3v) is 5.08. The van der Waals surface area contributed by atoms with Crippen LogP contribution in [0.2, 0.25) is 0 Å². The Morgan fingerprint density at radius 3 is 2.92 bits per heavy atom. The molecule has 0 fully saturated rings. The van der Waals surface area contributed by atoms with Crippen molar-refractivity contribution >= 4 is 39.8 Å². The van der Waals surface area contributed by atoms with Crippen molar-refractivity contribution in [2.24, 2.45) is 0 Å². The maximum atomic E-state index is 2.46. The van der Waals surface area contributed by atoms with Crippen LogP contribution in [-0.4, -0.2) is 32.2 Å². The van der Waals surface area contributed by atoms with Crippen molar-refractivity contribution < 1.29 is 3.98 Å². The maximum absolute atomic E-state index is 2.46. The fourth-order valence-corrected chi connectivity index (χ4v) is 4.45. The van der Waals surface area contributed by atoms with E-state index in [0.717, 1.165) is 0 Å². The van der Waals surface area contributed by atoms with Crippen LogP contribution in [0, 0.1) is 0 Å². The first kappa shape index (κ1) is 10.8. The van der Waals surface area contributed by atoms with Gasteiger partial charge in [-0.2, -0.15) is 0 Å². The number of nitrogens with zero attached hydrogens (tertiary/aromatic N) is 1. The van der Waals surface area contributed by atoms with Crippen molar-refractivity contribution in [2.75, 3.05) is 23.8 Å². The van der Waals surface area contributed by atoms with Crippen LogP contribution in [0.15, 0.2) is 0 Å². The van der Waals surface area contributed by atoms with Gasteiger partial charge in [0.2, 0.25) is 0 Å². The third-order valence-electron chi connectivity index (χ3n) is 1.49. The molecule has 1 aliphatic heterocycles. The van der Waals surface area contributed by atoms with Crippen LogP contribution < -0.4 is 0 Å². The molecule has 0 saturated carbocycles. The smallest absolute Gasteiger partial charge is 0.147 e. The Hall–Kier alpha value is 0.720. The van der Waals surface area contributed by atoms with Gasteiger partial charge in [0, 0.05) is 17.9 Å². The van der Waals surface area contributed by atoms with Crippen LogP contribution in [0.4, 0.5) is 0 Å². The largest absolute Gasteiger partial charge is 0.283 e. The fourth-order valence-electron chi connectivity index (χ4n) is 1.04. The molecular weight excluding hydrogens is 206 g/mol. The summed E-state index contributed by atoms with van der Waals surface area (Å²) < 4.78 is 3.98. The van der Waals surface area contributed by atoms with Crippen molar-refractivity contribution in [2.45, 2.75) is 20.3 Å². The SMILES string of the molecule is CCSC1=[N+](SCC)CCCS1. The quantitative estimate of drug-likeness (QED) is 0.534. The molecule has 0 N–H and O–H groups in total. The molecule has 0 aliphatic carbocycles. The molecule has 1 rings (SSSR count). The summed E-state index contributed by atoms with van der Waals surface area (Å²) >= 11 is 5.96. The lowest BCUT2D eigenvalue weighted by molar-refractivity contribution is -0.342. The summed E-state index contributed by atoms with van der Waals surface area (Å²) in [6.45, 7) is 5.69. The molecule has 1 heterocycles. The maximum Gasteiger partial charge on any atom is 0.283 e. The highest BCUT2D eigenvalue weighted by molar-refractivity contribution is 8.38. The van der Waals surface area contributed by atoms with Crippen LogP contribution in [0.3, 0.4) is 0 Å². The second-order valence-corrected chi connectivity index (χ2v) is 6.29. The molecule has 0 aromatic heterocycles. The highest BCUT2D eigenvalue weighted by atomic mass is 32.2. The Bertz CT molecular complexity index is 150. The van der Waals surface area contributed by atoms with Crippen LogP contribution in [0.5, 0.6) is 0 Å². The molecule has 0 radical (unpaired) electrons. The van der Waals surface area contributed by atoms with E-state index in [1.165, 1.54) is 34.6 Å². The molecule has 0 bridgehead atoms. The number of thioether (sulfide) groups is 2. The molecule has 1 aliphatic rings. The van der Waals surface area contributed by atoms with E-state index in [2.05, 4.69) is 17.8 Å². The summed E-state index contributed by atoms with van der Waals surface area (Å²) in [5, 5.41) is 0. The molecule has 0 aromatic rings. The summed E-state index contributed by atoms with van der Waals surface area (Å²) in [4.78, 5) is 0. The fraction of sp³-hybridized carbons (Fsp3) is 0.875. The molecule has 70 valence electrons. The van der Waals surface area contributed by atoms with Gasteiger partial charge in [-0.1, -0.05) is 13.8 Å². The predicted molar refractivity (Wildman–Crippen MR) is 63.5 cm³/mol. The van der Waals surface area contributed by atoms with E-state index in [-0.39, 0.29) is 0 Å². The predicted octanol–water partition coefficient (Wildman–Crippen LogP) is 2.91. The van der Waals surface area contributed by atoms with Gasteiger partial charge in [-0.05, 0) is 23.5 Å². The third kappa shape index (κ3) is 3.23. The molecule has 4 heteroatoms. The highest BCUT2D eigenvalue weighted by Crippen LogP contribution is 2.24. The van der Waals surface area contributed by atoms with Gasteiger partial charge in [0.15, 0.2) is 18.5 Å². The number of hydrogen-bond acceptors (Lipinski definition) is 3. The molecule has 0 unspecified atom stereocenters. The Kier molecular flexibility index (Phi) is 5.59. The van der Waals surface area contributed by atoms with E-state index < -0.39 is 0 Å². The zero-order valence-corrected chi connectivity index (χ0v) is 10.2. The van der Waals surface area contributed by atoms with Crippen molar-refractivity contribution in [3.05, 3.63) is 0 Å². The van der Waals surface area contributed by atoms with Crippen LogP contribution in [0.25, 0.3) is 0 Å². The second kappa shape index (κ2) is 6.22. The van der Waals surface area contributed by atoms with Gasteiger partial charge in [0.25, 0.3) is 4.38 Å². The molecule has 0 saturated heterocycles. The molecule has 12 heavy (non-hydrogen) atoms. The highest BCUT2D eigenvalue weighted by Gasteiger charge is 2.21.